The average molecular weight is 391 g/mol. The van der Waals surface area contributed by atoms with E-state index in [0.717, 1.165) is 37.4 Å². The molecule has 2 heterocycles. The summed E-state index contributed by atoms with van der Waals surface area (Å²) in [5.41, 5.74) is 7.43. The van der Waals surface area contributed by atoms with Crippen molar-refractivity contribution in [2.75, 3.05) is 13.1 Å². The van der Waals surface area contributed by atoms with Gasteiger partial charge in [0.1, 0.15) is 0 Å². The van der Waals surface area contributed by atoms with Gasteiger partial charge in [0.2, 0.25) is 0 Å². The first-order chi connectivity index (χ1) is 14.8. The maximum Gasteiger partial charge on any atom is 0.0790 e. The molecular weight excluding hydrogens is 364 g/mol. The molecule has 0 spiro atoms. The number of hydrogen-bond donors (Lipinski definition) is 0. The molecule has 0 saturated carbocycles. The molecule has 0 N–H and O–H groups in total. The Kier molecular flexibility index (Phi) is 5.17. The second-order valence-corrected chi connectivity index (χ2v) is 8.09. The summed E-state index contributed by atoms with van der Waals surface area (Å²) in [6.07, 6.45) is 3.40. The Balaban J connectivity index is 1.49. The van der Waals surface area contributed by atoms with E-state index in [4.69, 9.17) is 4.98 Å². The summed E-state index contributed by atoms with van der Waals surface area (Å²) in [6, 6.07) is 30.1. The van der Waals surface area contributed by atoms with Crippen LogP contribution in [0.1, 0.15) is 23.2 Å². The molecule has 1 aromatic heterocycles. The maximum atomic E-state index is 5.18. The molecule has 0 aliphatic carbocycles. The first-order valence-electron chi connectivity index (χ1n) is 10.7. The zero-order valence-electron chi connectivity index (χ0n) is 17.4. The third-order valence-electron chi connectivity index (χ3n) is 6.01. The monoisotopic (exact) mass is 390 g/mol. The first kappa shape index (κ1) is 18.8. The maximum absolute atomic E-state index is 5.18. The van der Waals surface area contributed by atoms with E-state index in [-0.39, 0.29) is 0 Å². The summed E-state index contributed by atoms with van der Waals surface area (Å²) >= 11 is 0. The predicted octanol–water partition coefficient (Wildman–Crippen LogP) is 6.50. The summed E-state index contributed by atoms with van der Waals surface area (Å²) < 4.78 is 0. The molecule has 2 nitrogen and oxygen atoms in total. The fraction of sp³-hybridized carbons (Fsp3) is 0.179. The van der Waals surface area contributed by atoms with Gasteiger partial charge in [-0.1, -0.05) is 84.9 Å². The van der Waals surface area contributed by atoms with Crippen LogP contribution in [0.5, 0.6) is 0 Å². The van der Waals surface area contributed by atoms with Crippen molar-refractivity contribution in [2.24, 2.45) is 0 Å². The number of pyridine rings is 1. The van der Waals surface area contributed by atoms with Gasteiger partial charge in [0, 0.05) is 30.6 Å². The van der Waals surface area contributed by atoms with Crippen LogP contribution in [-0.2, 0) is 6.54 Å². The topological polar surface area (TPSA) is 16.1 Å². The van der Waals surface area contributed by atoms with Gasteiger partial charge in [0.25, 0.3) is 0 Å². The highest BCUT2D eigenvalue weighted by Crippen LogP contribution is 2.32. The first-order valence-corrected chi connectivity index (χ1v) is 10.7. The lowest BCUT2D eigenvalue weighted by Crippen LogP contribution is -2.28. The van der Waals surface area contributed by atoms with Gasteiger partial charge < -0.3 is 0 Å². The van der Waals surface area contributed by atoms with Crippen molar-refractivity contribution in [3.8, 4) is 11.3 Å². The van der Waals surface area contributed by atoms with Crippen LogP contribution in [-0.4, -0.2) is 23.0 Å². The number of aromatic nitrogens is 1. The molecule has 1 aliphatic heterocycles. The van der Waals surface area contributed by atoms with Crippen LogP contribution in [0.15, 0.2) is 91.0 Å². The van der Waals surface area contributed by atoms with Gasteiger partial charge in [0.15, 0.2) is 0 Å². The Labute approximate surface area is 178 Å². The Bertz CT molecular complexity index is 1210. The average Bonchev–Trinajstić information content (AvgIpc) is 2.80. The zero-order chi connectivity index (χ0) is 20.3. The molecule has 0 radical (unpaired) electrons. The molecule has 0 unspecified atom stereocenters. The predicted molar refractivity (Wildman–Crippen MR) is 126 cm³/mol. The molecule has 0 bridgehead atoms. The van der Waals surface area contributed by atoms with E-state index in [0.29, 0.717) is 0 Å². The van der Waals surface area contributed by atoms with E-state index in [2.05, 4.69) is 103 Å². The molecule has 0 fully saturated rings. The summed E-state index contributed by atoms with van der Waals surface area (Å²) in [7, 11) is 0. The number of nitrogens with zero attached hydrogens (tertiary/aromatic N) is 2. The van der Waals surface area contributed by atoms with Crippen molar-refractivity contribution in [1.82, 2.24) is 9.88 Å². The van der Waals surface area contributed by atoms with Gasteiger partial charge in [-0.2, -0.15) is 0 Å². The van der Waals surface area contributed by atoms with E-state index in [1.54, 1.807) is 0 Å². The van der Waals surface area contributed by atoms with Gasteiger partial charge in [-0.15, -0.1) is 0 Å². The number of benzene rings is 3. The van der Waals surface area contributed by atoms with E-state index < -0.39 is 0 Å². The Morgan fingerprint density at radius 1 is 0.867 bits per heavy atom. The SMILES string of the molecule is Cc1ccccc1-c1nc(C2=CCN(Cc3ccccc3)CC2)cc2ccccc12. The normalized spacial score (nSPS) is 14.6. The lowest BCUT2D eigenvalue weighted by Gasteiger charge is -2.26. The van der Waals surface area contributed by atoms with Gasteiger partial charge in [0.05, 0.1) is 11.4 Å². The van der Waals surface area contributed by atoms with Gasteiger partial charge in [-0.05, 0) is 41.5 Å². The number of aryl methyl sites for hydroxylation is 1. The van der Waals surface area contributed by atoms with E-state index >= 15 is 0 Å². The summed E-state index contributed by atoms with van der Waals surface area (Å²) in [6.45, 7) is 5.21. The Morgan fingerprint density at radius 2 is 1.63 bits per heavy atom. The zero-order valence-corrected chi connectivity index (χ0v) is 17.4. The summed E-state index contributed by atoms with van der Waals surface area (Å²) in [5.74, 6) is 0. The van der Waals surface area contributed by atoms with Crippen LogP contribution in [0.3, 0.4) is 0 Å². The Hall–Kier alpha value is -3.23. The van der Waals surface area contributed by atoms with Gasteiger partial charge >= 0.3 is 0 Å². The fourth-order valence-corrected chi connectivity index (χ4v) is 4.34. The lowest BCUT2D eigenvalue weighted by molar-refractivity contribution is 0.294. The molecule has 4 aromatic rings. The second-order valence-electron chi connectivity index (χ2n) is 8.09. The van der Waals surface area contributed by atoms with Crippen molar-refractivity contribution in [1.29, 1.82) is 0 Å². The van der Waals surface area contributed by atoms with Crippen LogP contribution >= 0.6 is 0 Å². The van der Waals surface area contributed by atoms with E-state index in [1.807, 2.05) is 0 Å². The van der Waals surface area contributed by atoms with Crippen LogP contribution in [0, 0.1) is 6.92 Å². The fourth-order valence-electron chi connectivity index (χ4n) is 4.34. The molecule has 0 atom stereocenters. The molecule has 1 aliphatic rings. The van der Waals surface area contributed by atoms with Crippen LogP contribution in [0.25, 0.3) is 27.6 Å². The third kappa shape index (κ3) is 3.79. The third-order valence-corrected chi connectivity index (χ3v) is 6.01. The smallest absolute Gasteiger partial charge is 0.0790 e. The van der Waals surface area contributed by atoms with Crippen molar-refractivity contribution in [3.63, 3.8) is 0 Å². The Morgan fingerprint density at radius 3 is 2.43 bits per heavy atom. The van der Waals surface area contributed by atoms with Crippen molar-refractivity contribution >= 4 is 16.3 Å². The molecule has 148 valence electrons. The van der Waals surface area contributed by atoms with Gasteiger partial charge in [-0.25, -0.2) is 4.98 Å². The minimum Gasteiger partial charge on any atom is -0.295 e. The standard InChI is InChI=1S/C28H26N2/c1-21-9-5-7-13-25(21)28-26-14-8-6-12-24(26)19-27(29-28)23-15-17-30(18-16-23)20-22-10-3-2-4-11-22/h2-15,19H,16-18,20H2,1H3. The second kappa shape index (κ2) is 8.25. The van der Waals surface area contributed by atoms with Gasteiger partial charge in [-0.3, -0.25) is 4.90 Å². The van der Waals surface area contributed by atoms with Crippen LogP contribution < -0.4 is 0 Å². The largest absolute Gasteiger partial charge is 0.295 e. The summed E-state index contributed by atoms with van der Waals surface area (Å²) in [4.78, 5) is 7.68. The minimum atomic E-state index is 0.971. The quantitative estimate of drug-likeness (QED) is 0.395. The molecule has 5 rings (SSSR count). The summed E-state index contributed by atoms with van der Waals surface area (Å²) in [5, 5.41) is 2.48. The van der Waals surface area contributed by atoms with Crippen molar-refractivity contribution in [3.05, 3.63) is 108 Å². The van der Waals surface area contributed by atoms with E-state index in [1.165, 1.54) is 33.0 Å². The number of hydrogen-bond acceptors (Lipinski definition) is 2. The molecule has 2 heteroatoms. The number of fused-ring (bicyclic) bond motifs is 1. The minimum absolute atomic E-state index is 0.971. The van der Waals surface area contributed by atoms with Crippen molar-refractivity contribution < 1.29 is 0 Å². The highest BCUT2D eigenvalue weighted by Gasteiger charge is 2.17. The number of rotatable bonds is 4. The molecule has 30 heavy (non-hydrogen) atoms. The van der Waals surface area contributed by atoms with Crippen LogP contribution in [0.2, 0.25) is 0 Å². The molecule has 3 aromatic carbocycles. The molecule has 0 amide bonds. The van der Waals surface area contributed by atoms with Crippen molar-refractivity contribution in [2.45, 2.75) is 19.9 Å². The lowest BCUT2D eigenvalue weighted by atomic mass is 9.96. The molecule has 0 saturated heterocycles. The highest BCUT2D eigenvalue weighted by atomic mass is 15.1. The highest BCUT2D eigenvalue weighted by molar-refractivity contribution is 5.96. The van der Waals surface area contributed by atoms with E-state index in [9.17, 15) is 0 Å². The van der Waals surface area contributed by atoms with Crippen LogP contribution in [0.4, 0.5) is 0 Å². The molecular formula is C28H26N2.